The van der Waals surface area contributed by atoms with Crippen molar-refractivity contribution in [3.8, 4) is 5.75 Å². The number of nitrogens with one attached hydrogen (secondary N) is 1. The number of benzene rings is 1. The summed E-state index contributed by atoms with van der Waals surface area (Å²) >= 11 is 0. The van der Waals surface area contributed by atoms with Gasteiger partial charge in [0.05, 0.1) is 18.2 Å². The fourth-order valence-corrected chi connectivity index (χ4v) is 7.63. The van der Waals surface area contributed by atoms with Crippen molar-refractivity contribution in [1.29, 1.82) is 0 Å². The van der Waals surface area contributed by atoms with Gasteiger partial charge in [-0.15, -0.1) is 0 Å². The molecule has 0 aliphatic rings. The summed E-state index contributed by atoms with van der Waals surface area (Å²) in [4.78, 5) is 22.8. The van der Waals surface area contributed by atoms with Gasteiger partial charge in [-0.05, 0) is 69.1 Å². The van der Waals surface area contributed by atoms with E-state index in [1.165, 1.54) is 0 Å². The molecule has 2 heterocycles. The number of aromatic amines is 1. The lowest BCUT2D eigenvalue weighted by Gasteiger charge is -2.40. The van der Waals surface area contributed by atoms with Crippen molar-refractivity contribution >= 4 is 25.3 Å². The number of fused-ring (bicyclic) bond motifs is 1. The summed E-state index contributed by atoms with van der Waals surface area (Å²) in [5.74, 6) is 0.208. The number of hydrogen-bond acceptors (Lipinski definition) is 5. The number of aromatic nitrogens is 2. The molecule has 2 aromatic heterocycles. The number of para-hydroxylation sites is 1. The average molecular weight is 526 g/mol. The summed E-state index contributed by atoms with van der Waals surface area (Å²) in [6.45, 7) is 15.0. The van der Waals surface area contributed by atoms with Crippen molar-refractivity contribution in [3.63, 3.8) is 0 Å². The van der Waals surface area contributed by atoms with Crippen molar-refractivity contribution < 1.29 is 19.1 Å². The van der Waals surface area contributed by atoms with E-state index in [1.54, 1.807) is 17.2 Å². The van der Waals surface area contributed by atoms with Crippen LogP contribution in [0.4, 0.5) is 4.79 Å². The molecular weight excluding hydrogens is 482 g/mol. The molecular formula is C29H43N3O4Si. The van der Waals surface area contributed by atoms with Gasteiger partial charge in [-0.3, -0.25) is 4.98 Å². The van der Waals surface area contributed by atoms with Gasteiger partial charge in [0.2, 0.25) is 0 Å². The largest absolute Gasteiger partial charge is 0.506 e. The first kappa shape index (κ1) is 28.7. The molecule has 1 amide bonds. The average Bonchev–Trinajstić information content (AvgIpc) is 3.28. The molecule has 2 N–H and O–H groups in total. The van der Waals surface area contributed by atoms with Crippen LogP contribution in [-0.4, -0.2) is 52.6 Å². The Kier molecular flexibility index (Phi) is 9.42. The highest BCUT2D eigenvalue weighted by atomic mass is 28.4. The molecule has 37 heavy (non-hydrogen) atoms. The number of carbonyl (C=O) groups excluding carboxylic acids is 1. The number of aromatic hydroxyl groups is 1. The summed E-state index contributed by atoms with van der Waals surface area (Å²) in [6, 6.07) is 12.4. The number of hydrogen-bond donors (Lipinski definition) is 2. The number of ether oxygens (including phenoxy) is 1. The summed E-state index contributed by atoms with van der Waals surface area (Å²) in [5, 5.41) is 11.0. The maximum atomic E-state index is 13.6. The van der Waals surface area contributed by atoms with Crippen molar-refractivity contribution in [2.45, 2.75) is 90.8 Å². The van der Waals surface area contributed by atoms with Gasteiger partial charge in [0.25, 0.3) is 0 Å². The Morgan fingerprint density at radius 3 is 2.43 bits per heavy atom. The molecule has 1 aromatic carbocycles. The number of H-pyrrole nitrogens is 1. The number of pyridine rings is 1. The van der Waals surface area contributed by atoms with E-state index in [0.29, 0.717) is 18.5 Å². The van der Waals surface area contributed by atoms with Crippen LogP contribution in [0.15, 0.2) is 48.9 Å². The van der Waals surface area contributed by atoms with Gasteiger partial charge in [-0.2, -0.15) is 0 Å². The van der Waals surface area contributed by atoms with Gasteiger partial charge in [-0.1, -0.05) is 39.0 Å². The quantitative estimate of drug-likeness (QED) is 0.258. The molecule has 3 aromatic rings. The van der Waals surface area contributed by atoms with Crippen LogP contribution in [0.3, 0.4) is 0 Å². The number of phenols is 1. The Labute approximate surface area is 222 Å². The van der Waals surface area contributed by atoms with Crippen molar-refractivity contribution in [1.82, 2.24) is 14.9 Å². The summed E-state index contributed by atoms with van der Waals surface area (Å²) in [5.41, 5.74) is 2.19. The van der Waals surface area contributed by atoms with E-state index in [0.717, 1.165) is 34.6 Å². The molecule has 202 valence electrons. The van der Waals surface area contributed by atoms with Crippen molar-refractivity contribution in [3.05, 3.63) is 60.0 Å². The minimum atomic E-state index is -1.96. The predicted molar refractivity (Wildman–Crippen MR) is 151 cm³/mol. The third kappa shape index (κ3) is 6.93. The number of carbonyl (C=O) groups is 1. The minimum absolute atomic E-state index is 0.208. The second-order valence-corrected chi connectivity index (χ2v) is 15.6. The molecule has 0 saturated carbocycles. The standard InChI is InChI=1S/C29H43N3O4Si/c1-8-37(9-2,10-3)36-26(22-13-12-16-30-18-22)20-32(29(5,6)7)28(34)35-21(4)17-23-19-31-27-24(23)14-11-15-25(27)33/h11-16,18-19,21,26,31,33H,8-10,17,20H2,1-7H3/t21-,26+/m1/s1. The molecule has 0 unspecified atom stereocenters. The lowest BCUT2D eigenvalue weighted by Crippen LogP contribution is -2.50. The predicted octanol–water partition coefficient (Wildman–Crippen LogP) is 7.20. The normalized spacial score (nSPS) is 13.9. The van der Waals surface area contributed by atoms with Gasteiger partial charge in [-0.25, -0.2) is 4.79 Å². The highest BCUT2D eigenvalue weighted by Crippen LogP contribution is 2.32. The number of phenolic OH excluding ortho intramolecular Hbond substituents is 1. The second-order valence-electron chi connectivity index (χ2n) is 10.8. The van der Waals surface area contributed by atoms with Crippen molar-refractivity contribution in [2.24, 2.45) is 0 Å². The molecule has 2 atom stereocenters. The Morgan fingerprint density at radius 1 is 1.14 bits per heavy atom. The first-order chi connectivity index (χ1) is 17.5. The van der Waals surface area contributed by atoms with Gasteiger partial charge in [0.1, 0.15) is 11.9 Å². The maximum absolute atomic E-state index is 13.6. The first-order valence-electron chi connectivity index (χ1n) is 13.4. The van der Waals surface area contributed by atoms with Gasteiger partial charge in [0.15, 0.2) is 8.32 Å². The van der Waals surface area contributed by atoms with Crippen LogP contribution in [-0.2, 0) is 15.6 Å². The Morgan fingerprint density at radius 2 is 1.84 bits per heavy atom. The van der Waals surface area contributed by atoms with E-state index in [2.05, 4.69) is 30.7 Å². The zero-order chi connectivity index (χ0) is 27.2. The molecule has 7 nitrogen and oxygen atoms in total. The van der Waals surface area contributed by atoms with Crippen LogP contribution >= 0.6 is 0 Å². The smallest absolute Gasteiger partial charge is 0.410 e. The lowest BCUT2D eigenvalue weighted by molar-refractivity contribution is 0.0225. The molecule has 0 spiro atoms. The molecule has 0 fully saturated rings. The molecule has 0 aliphatic carbocycles. The molecule has 0 aliphatic heterocycles. The third-order valence-electron chi connectivity index (χ3n) is 7.35. The second kappa shape index (κ2) is 12.1. The van der Waals surface area contributed by atoms with E-state index < -0.39 is 13.9 Å². The first-order valence-corrected chi connectivity index (χ1v) is 15.9. The van der Waals surface area contributed by atoms with Crippen molar-refractivity contribution in [2.75, 3.05) is 6.54 Å². The number of nitrogens with zero attached hydrogens (tertiary/aromatic N) is 2. The number of amides is 1. The Balaban J connectivity index is 1.81. The van der Waals surface area contributed by atoms with Crippen LogP contribution in [0.2, 0.25) is 18.1 Å². The van der Waals surface area contributed by atoms with E-state index in [9.17, 15) is 9.90 Å². The molecule has 0 bridgehead atoms. The fraction of sp³-hybridized carbons (Fsp3) is 0.517. The highest BCUT2D eigenvalue weighted by molar-refractivity contribution is 6.73. The molecule has 8 heteroatoms. The molecule has 0 radical (unpaired) electrons. The highest BCUT2D eigenvalue weighted by Gasteiger charge is 2.37. The van der Waals surface area contributed by atoms with Gasteiger partial charge < -0.3 is 24.2 Å². The number of rotatable bonds is 11. The maximum Gasteiger partial charge on any atom is 0.410 e. The van der Waals surface area contributed by atoms with Crippen LogP contribution in [0.1, 0.15) is 65.7 Å². The van der Waals surface area contributed by atoms with Crippen LogP contribution in [0, 0.1) is 0 Å². The van der Waals surface area contributed by atoms with Crippen LogP contribution in [0.5, 0.6) is 5.75 Å². The van der Waals surface area contributed by atoms with E-state index >= 15 is 0 Å². The van der Waals surface area contributed by atoms with Gasteiger partial charge in [0, 0.05) is 35.9 Å². The summed E-state index contributed by atoms with van der Waals surface area (Å²) in [7, 11) is -1.96. The monoisotopic (exact) mass is 525 g/mol. The lowest BCUT2D eigenvalue weighted by atomic mass is 10.0. The minimum Gasteiger partial charge on any atom is -0.506 e. The molecule has 3 rings (SSSR count). The van der Waals surface area contributed by atoms with Crippen LogP contribution in [0.25, 0.3) is 10.9 Å². The Bertz CT molecular complexity index is 1150. The van der Waals surface area contributed by atoms with Gasteiger partial charge >= 0.3 is 6.09 Å². The zero-order valence-electron chi connectivity index (χ0n) is 23.4. The summed E-state index contributed by atoms with van der Waals surface area (Å²) < 4.78 is 12.9. The SMILES string of the molecule is CC[Si](CC)(CC)O[C@@H](CN(C(=O)O[C@H](C)Cc1c[nH]c2c(O)cccc12)C(C)(C)C)c1cccnc1. The Hall–Kier alpha value is -2.84. The molecule has 0 saturated heterocycles. The topological polar surface area (TPSA) is 87.7 Å². The fourth-order valence-electron chi connectivity index (χ4n) is 4.82. The van der Waals surface area contributed by atoms with E-state index in [1.807, 2.05) is 64.4 Å². The van der Waals surface area contributed by atoms with Crippen LogP contribution < -0.4 is 0 Å². The van der Waals surface area contributed by atoms with E-state index in [4.69, 9.17) is 9.16 Å². The summed E-state index contributed by atoms with van der Waals surface area (Å²) in [6.07, 6.45) is 5.00. The van der Waals surface area contributed by atoms with E-state index in [-0.39, 0.29) is 24.1 Å². The third-order valence-corrected chi connectivity index (χ3v) is 12.0. The zero-order valence-corrected chi connectivity index (χ0v) is 24.4.